The highest BCUT2D eigenvalue weighted by atomic mass is 32.1. The molecule has 1 fully saturated rings. The molecule has 134 valence electrons. The maximum absolute atomic E-state index is 12.9. The third-order valence-electron chi connectivity index (χ3n) is 4.56. The number of hydrogen-bond donors (Lipinski definition) is 0. The molecule has 6 nitrogen and oxygen atoms in total. The molecule has 0 bridgehead atoms. The molecule has 2 aromatic heterocycles. The first kappa shape index (κ1) is 17.9. The Morgan fingerprint density at radius 3 is 2.88 bits per heavy atom. The normalized spacial score (nSPS) is 15.2. The molecule has 1 aliphatic carbocycles. The Bertz CT molecular complexity index is 671. The molecule has 0 unspecified atom stereocenters. The van der Waals surface area contributed by atoms with Gasteiger partial charge in [-0.1, -0.05) is 30.6 Å². The van der Waals surface area contributed by atoms with Gasteiger partial charge in [0, 0.05) is 31.5 Å². The van der Waals surface area contributed by atoms with Gasteiger partial charge in [-0.2, -0.15) is 0 Å². The summed E-state index contributed by atoms with van der Waals surface area (Å²) in [4.78, 5) is 18.7. The summed E-state index contributed by atoms with van der Waals surface area (Å²) in [5.74, 6) is 0.620. The van der Waals surface area contributed by atoms with Crippen molar-refractivity contribution in [2.24, 2.45) is 5.92 Å². The first-order valence-electron chi connectivity index (χ1n) is 8.81. The van der Waals surface area contributed by atoms with Gasteiger partial charge in [-0.15, -0.1) is 10.2 Å². The van der Waals surface area contributed by atoms with Crippen molar-refractivity contribution < 1.29 is 9.53 Å². The molecule has 0 aromatic carbocycles. The number of pyridine rings is 1. The summed E-state index contributed by atoms with van der Waals surface area (Å²) in [5.41, 5.74) is 0.915. The van der Waals surface area contributed by atoms with Crippen LogP contribution in [0, 0.1) is 5.92 Å². The molecule has 7 heteroatoms. The van der Waals surface area contributed by atoms with Gasteiger partial charge in [0.2, 0.25) is 11.0 Å². The van der Waals surface area contributed by atoms with Crippen LogP contribution in [0.4, 0.5) is 5.13 Å². The molecule has 2 heterocycles. The summed E-state index contributed by atoms with van der Waals surface area (Å²) in [6, 6.07) is 3.81. The molecule has 0 radical (unpaired) electrons. The van der Waals surface area contributed by atoms with Crippen molar-refractivity contribution in [2.75, 3.05) is 25.2 Å². The van der Waals surface area contributed by atoms with Crippen molar-refractivity contribution in [1.29, 1.82) is 0 Å². The minimum atomic E-state index is 0.123. The lowest BCUT2D eigenvalue weighted by Crippen LogP contribution is -2.35. The lowest BCUT2D eigenvalue weighted by Gasteiger charge is -2.25. The number of rotatable bonds is 7. The van der Waals surface area contributed by atoms with E-state index in [1.807, 2.05) is 12.1 Å². The second-order valence-electron chi connectivity index (χ2n) is 6.38. The zero-order valence-electron chi connectivity index (χ0n) is 14.6. The molecule has 2 aromatic rings. The first-order valence-corrected chi connectivity index (χ1v) is 9.63. The number of hydrogen-bond acceptors (Lipinski definition) is 6. The fraction of sp³-hybridized carbons (Fsp3) is 0.556. The van der Waals surface area contributed by atoms with E-state index >= 15 is 0 Å². The number of anilines is 1. The fourth-order valence-electron chi connectivity index (χ4n) is 3.19. The average Bonchev–Trinajstić information content (AvgIpc) is 3.13. The number of ether oxygens (including phenoxy) is 1. The maximum atomic E-state index is 12.9. The third kappa shape index (κ3) is 4.83. The number of methoxy groups -OCH3 is 1. The third-order valence-corrected chi connectivity index (χ3v) is 5.56. The van der Waals surface area contributed by atoms with Gasteiger partial charge in [0.05, 0.1) is 13.2 Å². The van der Waals surface area contributed by atoms with Crippen LogP contribution in [0.5, 0.6) is 0 Å². The van der Waals surface area contributed by atoms with Gasteiger partial charge in [-0.25, -0.2) is 0 Å². The van der Waals surface area contributed by atoms with Gasteiger partial charge < -0.3 is 4.74 Å². The molecule has 0 saturated heterocycles. The molecule has 0 atom stereocenters. The second kappa shape index (κ2) is 9.01. The number of aromatic nitrogens is 3. The molecule has 1 aliphatic rings. The van der Waals surface area contributed by atoms with Crippen LogP contribution in [0.2, 0.25) is 0 Å². The van der Waals surface area contributed by atoms with Crippen LogP contribution in [0.15, 0.2) is 24.5 Å². The van der Waals surface area contributed by atoms with Crippen molar-refractivity contribution >= 4 is 22.4 Å². The highest BCUT2D eigenvalue weighted by Gasteiger charge is 2.24. The molecule has 3 rings (SSSR count). The smallest absolute Gasteiger partial charge is 0.229 e. The predicted octanol–water partition coefficient (Wildman–Crippen LogP) is 3.55. The number of amides is 1. The second-order valence-corrected chi connectivity index (χ2v) is 7.33. The quantitative estimate of drug-likeness (QED) is 0.755. The predicted molar refractivity (Wildman–Crippen MR) is 98.6 cm³/mol. The summed E-state index contributed by atoms with van der Waals surface area (Å²) in [6.07, 6.45) is 10.1. The van der Waals surface area contributed by atoms with Gasteiger partial charge in [-0.05, 0) is 30.9 Å². The van der Waals surface area contributed by atoms with Crippen molar-refractivity contribution in [1.82, 2.24) is 15.2 Å². The topological polar surface area (TPSA) is 68.2 Å². The lowest BCUT2D eigenvalue weighted by atomic mass is 9.87. The molecule has 0 N–H and O–H groups in total. The van der Waals surface area contributed by atoms with Crippen molar-refractivity contribution in [3.63, 3.8) is 0 Å². The largest absolute Gasteiger partial charge is 0.383 e. The zero-order valence-corrected chi connectivity index (χ0v) is 15.4. The number of carbonyl (C=O) groups excluding carboxylic acids is 1. The minimum Gasteiger partial charge on any atom is -0.383 e. The Morgan fingerprint density at radius 1 is 1.32 bits per heavy atom. The zero-order chi connectivity index (χ0) is 17.5. The van der Waals surface area contributed by atoms with Crippen LogP contribution in [0.25, 0.3) is 10.6 Å². The summed E-state index contributed by atoms with van der Waals surface area (Å²) in [5, 5.41) is 9.90. The summed E-state index contributed by atoms with van der Waals surface area (Å²) >= 11 is 1.42. The highest BCUT2D eigenvalue weighted by Crippen LogP contribution is 2.31. The SMILES string of the molecule is COCCN(C(=O)CC1CCCCC1)c1nnc(-c2cccnc2)s1. The number of carbonyl (C=O) groups is 1. The highest BCUT2D eigenvalue weighted by molar-refractivity contribution is 7.18. The Balaban J connectivity index is 1.73. The van der Waals surface area contributed by atoms with E-state index in [-0.39, 0.29) is 5.91 Å². The van der Waals surface area contributed by atoms with Crippen LogP contribution in [0.3, 0.4) is 0 Å². The standard InChI is InChI=1S/C18H24N4O2S/c1-24-11-10-22(16(23)12-14-6-3-2-4-7-14)18-21-20-17(25-18)15-8-5-9-19-13-15/h5,8-9,13-14H,2-4,6-7,10-12H2,1H3. The van der Waals surface area contributed by atoms with Crippen LogP contribution in [-0.4, -0.2) is 41.3 Å². The van der Waals surface area contributed by atoms with Crippen LogP contribution in [-0.2, 0) is 9.53 Å². The van der Waals surface area contributed by atoms with Crippen LogP contribution >= 0.6 is 11.3 Å². The Labute approximate surface area is 152 Å². The maximum Gasteiger partial charge on any atom is 0.229 e. The molecule has 1 saturated carbocycles. The monoisotopic (exact) mass is 360 g/mol. The van der Waals surface area contributed by atoms with E-state index in [0.29, 0.717) is 30.6 Å². The van der Waals surface area contributed by atoms with E-state index in [1.165, 1.54) is 30.6 Å². The van der Waals surface area contributed by atoms with E-state index in [4.69, 9.17) is 4.74 Å². The molecular formula is C18H24N4O2S. The van der Waals surface area contributed by atoms with E-state index in [0.717, 1.165) is 23.4 Å². The van der Waals surface area contributed by atoms with E-state index in [2.05, 4.69) is 15.2 Å². The van der Waals surface area contributed by atoms with E-state index in [1.54, 1.807) is 24.4 Å². The average molecular weight is 360 g/mol. The Kier molecular flexibility index (Phi) is 6.47. The Hall–Kier alpha value is -1.86. The summed E-state index contributed by atoms with van der Waals surface area (Å²) in [6.45, 7) is 0.988. The molecule has 1 amide bonds. The van der Waals surface area contributed by atoms with Crippen molar-refractivity contribution in [2.45, 2.75) is 38.5 Å². The van der Waals surface area contributed by atoms with Gasteiger partial charge in [0.1, 0.15) is 0 Å². The van der Waals surface area contributed by atoms with Crippen LogP contribution in [0.1, 0.15) is 38.5 Å². The molecule has 0 spiro atoms. The van der Waals surface area contributed by atoms with Gasteiger partial charge in [-0.3, -0.25) is 14.7 Å². The van der Waals surface area contributed by atoms with Crippen LogP contribution < -0.4 is 4.90 Å². The van der Waals surface area contributed by atoms with E-state index < -0.39 is 0 Å². The lowest BCUT2D eigenvalue weighted by molar-refractivity contribution is -0.119. The molecule has 25 heavy (non-hydrogen) atoms. The molecule has 0 aliphatic heterocycles. The minimum absolute atomic E-state index is 0.123. The van der Waals surface area contributed by atoms with Gasteiger partial charge >= 0.3 is 0 Å². The van der Waals surface area contributed by atoms with Gasteiger partial charge in [0.25, 0.3) is 0 Å². The molecular weight excluding hydrogens is 336 g/mol. The first-order chi connectivity index (χ1) is 12.3. The van der Waals surface area contributed by atoms with E-state index in [9.17, 15) is 4.79 Å². The van der Waals surface area contributed by atoms with Crippen molar-refractivity contribution in [3.05, 3.63) is 24.5 Å². The summed E-state index contributed by atoms with van der Waals surface area (Å²) in [7, 11) is 1.64. The number of nitrogens with zero attached hydrogens (tertiary/aromatic N) is 4. The van der Waals surface area contributed by atoms with Crippen molar-refractivity contribution in [3.8, 4) is 10.6 Å². The van der Waals surface area contributed by atoms with Gasteiger partial charge in [0.15, 0.2) is 5.01 Å². The summed E-state index contributed by atoms with van der Waals surface area (Å²) < 4.78 is 5.18. The Morgan fingerprint density at radius 2 is 2.16 bits per heavy atom. The fourth-order valence-corrected chi connectivity index (χ4v) is 4.07.